The largest absolute Gasteiger partial charge is 0.352 e. The summed E-state index contributed by atoms with van der Waals surface area (Å²) in [6, 6.07) is 6.97. The van der Waals surface area contributed by atoms with Crippen molar-refractivity contribution in [2.75, 3.05) is 14.2 Å². The van der Waals surface area contributed by atoms with E-state index in [4.69, 9.17) is 9.47 Å². The Hall–Kier alpha value is -1.52. The van der Waals surface area contributed by atoms with Gasteiger partial charge in [-0.05, 0) is 5.56 Å². The first-order valence-corrected chi connectivity index (χ1v) is 4.82. The molecule has 0 aliphatic heterocycles. The molecule has 16 heavy (non-hydrogen) atoms. The highest BCUT2D eigenvalue weighted by Gasteiger charge is 2.11. The van der Waals surface area contributed by atoms with E-state index in [1.807, 2.05) is 0 Å². The van der Waals surface area contributed by atoms with E-state index in [-0.39, 0.29) is 0 Å². The molecule has 0 amide bonds. The summed E-state index contributed by atoms with van der Waals surface area (Å²) in [7, 11) is 3.09. The molecule has 0 fully saturated rings. The third kappa shape index (κ3) is 2.74. The van der Waals surface area contributed by atoms with Crippen LogP contribution in [0.25, 0.3) is 0 Å². The van der Waals surface area contributed by atoms with Crippen LogP contribution in [0.3, 0.4) is 0 Å². The predicted molar refractivity (Wildman–Crippen MR) is 58.1 cm³/mol. The van der Waals surface area contributed by atoms with E-state index in [0.29, 0.717) is 18.1 Å². The Labute approximate surface area is 94.2 Å². The molecule has 0 bridgehead atoms. The van der Waals surface area contributed by atoms with E-state index in [1.165, 1.54) is 0 Å². The highest BCUT2D eigenvalue weighted by atomic mass is 16.7. The van der Waals surface area contributed by atoms with Gasteiger partial charge in [-0.1, -0.05) is 24.3 Å². The Morgan fingerprint density at radius 3 is 1.75 bits per heavy atom. The standard InChI is InChI=1S/C12H14O4/c1-15-12(16-2)10-5-3-9(4-6-10)11(7-13)8-14/h3-8,11-12H,1-2H3. The smallest absolute Gasteiger partial charge is 0.183 e. The van der Waals surface area contributed by atoms with Crippen molar-refractivity contribution in [3.63, 3.8) is 0 Å². The van der Waals surface area contributed by atoms with Crippen molar-refractivity contribution in [3.05, 3.63) is 35.4 Å². The third-order valence-electron chi connectivity index (χ3n) is 2.31. The minimum atomic E-state index is -0.697. The summed E-state index contributed by atoms with van der Waals surface area (Å²) in [6.07, 6.45) is 0.804. The predicted octanol–water partition coefficient (Wildman–Crippen LogP) is 1.46. The maximum Gasteiger partial charge on any atom is 0.183 e. The van der Waals surface area contributed by atoms with E-state index in [9.17, 15) is 9.59 Å². The van der Waals surface area contributed by atoms with Gasteiger partial charge in [-0.2, -0.15) is 0 Å². The number of methoxy groups -OCH3 is 2. The summed E-state index contributed by atoms with van der Waals surface area (Å²) in [5.74, 6) is -0.697. The van der Waals surface area contributed by atoms with Gasteiger partial charge in [0, 0.05) is 19.8 Å². The summed E-state index contributed by atoms with van der Waals surface area (Å²) in [5.41, 5.74) is 1.50. The summed E-state index contributed by atoms with van der Waals surface area (Å²) >= 11 is 0. The first-order valence-electron chi connectivity index (χ1n) is 4.82. The fourth-order valence-corrected chi connectivity index (χ4v) is 1.43. The van der Waals surface area contributed by atoms with Gasteiger partial charge < -0.3 is 19.1 Å². The van der Waals surface area contributed by atoms with E-state index in [1.54, 1.807) is 38.5 Å². The van der Waals surface area contributed by atoms with Crippen molar-refractivity contribution in [3.8, 4) is 0 Å². The van der Waals surface area contributed by atoms with E-state index in [2.05, 4.69) is 0 Å². The number of carbonyl (C=O) groups excluding carboxylic acids is 2. The molecule has 0 unspecified atom stereocenters. The fraction of sp³-hybridized carbons (Fsp3) is 0.333. The molecule has 0 saturated carbocycles. The van der Waals surface area contributed by atoms with Gasteiger partial charge in [0.25, 0.3) is 0 Å². The number of aldehydes is 2. The lowest BCUT2D eigenvalue weighted by atomic mass is 10.0. The molecule has 86 valence electrons. The second-order valence-corrected chi connectivity index (χ2v) is 3.27. The van der Waals surface area contributed by atoms with Gasteiger partial charge >= 0.3 is 0 Å². The number of hydrogen-bond acceptors (Lipinski definition) is 4. The van der Waals surface area contributed by atoms with Gasteiger partial charge in [-0.25, -0.2) is 0 Å². The summed E-state index contributed by atoms with van der Waals surface area (Å²) in [5, 5.41) is 0. The lowest BCUT2D eigenvalue weighted by molar-refractivity contribution is -0.116. The van der Waals surface area contributed by atoms with Crippen molar-refractivity contribution < 1.29 is 19.1 Å². The molecule has 0 aromatic heterocycles. The molecule has 0 N–H and O–H groups in total. The van der Waals surface area contributed by atoms with Crippen LogP contribution < -0.4 is 0 Å². The van der Waals surface area contributed by atoms with Crippen LogP contribution in [0.1, 0.15) is 23.3 Å². The Kier molecular flexibility index (Phi) is 4.82. The van der Waals surface area contributed by atoms with Crippen molar-refractivity contribution in [1.29, 1.82) is 0 Å². The number of ether oxygens (including phenoxy) is 2. The van der Waals surface area contributed by atoms with Crippen LogP contribution in [0, 0.1) is 0 Å². The van der Waals surface area contributed by atoms with Crippen LogP contribution >= 0.6 is 0 Å². The molecular weight excluding hydrogens is 208 g/mol. The zero-order valence-electron chi connectivity index (χ0n) is 9.25. The minimum absolute atomic E-state index is 0.431. The Bertz CT molecular complexity index is 333. The number of hydrogen-bond donors (Lipinski definition) is 0. The van der Waals surface area contributed by atoms with Crippen LogP contribution in [-0.2, 0) is 19.1 Å². The number of benzene rings is 1. The first kappa shape index (κ1) is 12.5. The topological polar surface area (TPSA) is 52.6 Å². The summed E-state index contributed by atoms with van der Waals surface area (Å²) in [6.45, 7) is 0. The van der Waals surface area contributed by atoms with Gasteiger partial charge in [0.15, 0.2) is 6.29 Å². The van der Waals surface area contributed by atoms with E-state index >= 15 is 0 Å². The lowest BCUT2D eigenvalue weighted by Crippen LogP contribution is -2.05. The fourth-order valence-electron chi connectivity index (χ4n) is 1.43. The van der Waals surface area contributed by atoms with Crippen LogP contribution in [-0.4, -0.2) is 26.8 Å². The zero-order valence-corrected chi connectivity index (χ0v) is 9.25. The highest BCUT2D eigenvalue weighted by molar-refractivity contribution is 5.84. The summed E-state index contributed by atoms with van der Waals surface area (Å²) < 4.78 is 10.2. The first-order chi connectivity index (χ1) is 7.76. The normalized spacial score (nSPS) is 10.8. The third-order valence-corrected chi connectivity index (χ3v) is 2.31. The van der Waals surface area contributed by atoms with Crippen LogP contribution in [0.5, 0.6) is 0 Å². The maximum absolute atomic E-state index is 10.6. The van der Waals surface area contributed by atoms with Crippen molar-refractivity contribution in [2.45, 2.75) is 12.2 Å². The SMILES string of the molecule is COC(OC)c1ccc(C(C=O)C=O)cc1. The Balaban J connectivity index is 2.89. The molecule has 0 aliphatic rings. The molecule has 4 heteroatoms. The van der Waals surface area contributed by atoms with Gasteiger partial charge in [-0.15, -0.1) is 0 Å². The molecule has 0 radical (unpaired) electrons. The lowest BCUT2D eigenvalue weighted by Gasteiger charge is -2.14. The Morgan fingerprint density at radius 2 is 1.38 bits per heavy atom. The summed E-state index contributed by atoms with van der Waals surface area (Å²) in [4.78, 5) is 21.2. The van der Waals surface area contributed by atoms with Gasteiger partial charge in [-0.3, -0.25) is 0 Å². The molecular formula is C12H14O4. The van der Waals surface area contributed by atoms with E-state index < -0.39 is 12.2 Å². The molecule has 4 nitrogen and oxygen atoms in total. The monoisotopic (exact) mass is 222 g/mol. The van der Waals surface area contributed by atoms with Crippen LogP contribution in [0.15, 0.2) is 24.3 Å². The van der Waals surface area contributed by atoms with Crippen molar-refractivity contribution in [1.82, 2.24) is 0 Å². The molecule has 0 aliphatic carbocycles. The minimum Gasteiger partial charge on any atom is -0.352 e. The number of carbonyl (C=O) groups is 2. The molecule has 1 rings (SSSR count). The average molecular weight is 222 g/mol. The second-order valence-electron chi connectivity index (χ2n) is 3.27. The van der Waals surface area contributed by atoms with E-state index in [0.717, 1.165) is 5.56 Å². The average Bonchev–Trinajstić information content (AvgIpc) is 2.34. The molecule has 1 aromatic rings. The molecule has 0 saturated heterocycles. The van der Waals surface area contributed by atoms with Gasteiger partial charge in [0.1, 0.15) is 12.6 Å². The molecule has 0 heterocycles. The molecule has 0 spiro atoms. The number of rotatable bonds is 6. The van der Waals surface area contributed by atoms with Crippen molar-refractivity contribution >= 4 is 12.6 Å². The second kappa shape index (κ2) is 6.15. The van der Waals surface area contributed by atoms with Crippen LogP contribution in [0.2, 0.25) is 0 Å². The molecule has 0 atom stereocenters. The highest BCUT2D eigenvalue weighted by Crippen LogP contribution is 2.19. The van der Waals surface area contributed by atoms with Crippen molar-refractivity contribution in [2.24, 2.45) is 0 Å². The Morgan fingerprint density at radius 1 is 0.938 bits per heavy atom. The van der Waals surface area contributed by atoms with Gasteiger partial charge in [0.2, 0.25) is 0 Å². The zero-order chi connectivity index (χ0) is 12.0. The quantitative estimate of drug-likeness (QED) is 0.415. The molecule has 1 aromatic carbocycles. The van der Waals surface area contributed by atoms with Crippen LogP contribution in [0.4, 0.5) is 0 Å². The maximum atomic E-state index is 10.6. The van der Waals surface area contributed by atoms with Gasteiger partial charge in [0.05, 0.1) is 5.92 Å².